The number of aryl methyl sites for hydroxylation is 1. The number of unbranched alkanes of at least 4 members (excludes halogenated alkanes) is 1. The van der Waals surface area contributed by atoms with Crippen LogP contribution in [0, 0.1) is 6.92 Å². The maximum atomic E-state index is 14.0. The molecule has 220 valence electrons. The normalized spacial score (nSPS) is 12.0. The lowest BCUT2D eigenvalue weighted by Crippen LogP contribution is -2.51. The lowest BCUT2D eigenvalue weighted by Gasteiger charge is -2.32. The average molecular weight is 621 g/mol. The van der Waals surface area contributed by atoms with Gasteiger partial charge in [-0.1, -0.05) is 60.3 Å². The van der Waals surface area contributed by atoms with Gasteiger partial charge in [0.15, 0.2) is 0 Å². The van der Waals surface area contributed by atoms with Crippen molar-refractivity contribution in [2.24, 2.45) is 0 Å². The summed E-state index contributed by atoms with van der Waals surface area (Å²) in [6.07, 6.45) is 1.67. The first-order valence-corrected chi connectivity index (χ1v) is 15.4. The molecule has 3 rings (SSSR count). The molecule has 41 heavy (non-hydrogen) atoms. The molecule has 0 spiro atoms. The molecule has 1 atom stereocenters. The van der Waals surface area contributed by atoms with Crippen molar-refractivity contribution in [3.8, 4) is 5.75 Å². The van der Waals surface area contributed by atoms with Crippen LogP contribution in [0.1, 0.15) is 37.8 Å². The van der Waals surface area contributed by atoms with Gasteiger partial charge < -0.3 is 15.0 Å². The van der Waals surface area contributed by atoms with E-state index < -0.39 is 28.5 Å². The molecule has 0 aliphatic carbocycles. The molecule has 11 heteroatoms. The number of ether oxygens (including phenoxy) is 1. The Morgan fingerprint density at radius 2 is 1.59 bits per heavy atom. The van der Waals surface area contributed by atoms with E-state index in [1.807, 2.05) is 13.8 Å². The molecule has 0 aliphatic heterocycles. The minimum absolute atomic E-state index is 0.0160. The van der Waals surface area contributed by atoms with Gasteiger partial charge in [-0.15, -0.1) is 0 Å². The molecule has 3 aromatic rings. The third-order valence-electron chi connectivity index (χ3n) is 6.64. The summed E-state index contributed by atoms with van der Waals surface area (Å²) >= 11 is 12.8. The largest absolute Gasteiger partial charge is 0.497 e. The molecule has 0 aliphatic rings. The molecule has 0 radical (unpaired) electrons. The fourth-order valence-corrected chi connectivity index (χ4v) is 6.02. The molecule has 0 saturated heterocycles. The Bertz CT molecular complexity index is 1430. The Morgan fingerprint density at radius 1 is 0.976 bits per heavy atom. The minimum Gasteiger partial charge on any atom is -0.497 e. The summed E-state index contributed by atoms with van der Waals surface area (Å²) in [5.41, 5.74) is 1.68. The smallest absolute Gasteiger partial charge is 0.264 e. The second-order valence-electron chi connectivity index (χ2n) is 9.57. The number of amides is 2. The quantitative estimate of drug-likeness (QED) is 0.243. The van der Waals surface area contributed by atoms with Crippen molar-refractivity contribution in [2.75, 3.05) is 24.5 Å². The molecule has 1 N–H and O–H groups in total. The van der Waals surface area contributed by atoms with Crippen molar-refractivity contribution in [3.05, 3.63) is 87.9 Å². The molecule has 1 unspecified atom stereocenters. The zero-order chi connectivity index (χ0) is 30.2. The predicted molar refractivity (Wildman–Crippen MR) is 163 cm³/mol. The summed E-state index contributed by atoms with van der Waals surface area (Å²) in [7, 11) is -2.71. The van der Waals surface area contributed by atoms with E-state index in [0.29, 0.717) is 33.6 Å². The highest BCUT2D eigenvalue weighted by Crippen LogP contribution is 2.29. The van der Waals surface area contributed by atoms with Crippen LogP contribution in [0.15, 0.2) is 71.6 Å². The van der Waals surface area contributed by atoms with Crippen molar-refractivity contribution in [1.29, 1.82) is 0 Å². The predicted octanol–water partition coefficient (Wildman–Crippen LogP) is 5.84. The summed E-state index contributed by atoms with van der Waals surface area (Å²) in [5.74, 6) is -0.473. The van der Waals surface area contributed by atoms with E-state index in [0.717, 1.165) is 22.7 Å². The van der Waals surface area contributed by atoms with Crippen LogP contribution >= 0.6 is 23.2 Å². The van der Waals surface area contributed by atoms with Crippen molar-refractivity contribution >= 4 is 50.7 Å². The Morgan fingerprint density at radius 3 is 2.15 bits per heavy atom. The van der Waals surface area contributed by atoms with Gasteiger partial charge in [-0.25, -0.2) is 8.42 Å². The Kier molecular flexibility index (Phi) is 11.5. The van der Waals surface area contributed by atoms with Crippen molar-refractivity contribution in [2.45, 2.75) is 51.1 Å². The highest BCUT2D eigenvalue weighted by molar-refractivity contribution is 7.92. The van der Waals surface area contributed by atoms with Crippen LogP contribution in [0.4, 0.5) is 5.69 Å². The number of sulfonamides is 1. The zero-order valence-corrected chi connectivity index (χ0v) is 25.9. The van der Waals surface area contributed by atoms with Gasteiger partial charge in [0.2, 0.25) is 11.8 Å². The van der Waals surface area contributed by atoms with Gasteiger partial charge >= 0.3 is 0 Å². The van der Waals surface area contributed by atoms with E-state index in [1.165, 1.54) is 36.3 Å². The van der Waals surface area contributed by atoms with Crippen molar-refractivity contribution < 1.29 is 22.7 Å². The molecule has 0 aromatic heterocycles. The molecule has 3 aromatic carbocycles. The fourth-order valence-electron chi connectivity index (χ4n) is 4.09. The number of benzene rings is 3. The van der Waals surface area contributed by atoms with Gasteiger partial charge in [0, 0.05) is 28.7 Å². The monoisotopic (exact) mass is 619 g/mol. The van der Waals surface area contributed by atoms with E-state index in [2.05, 4.69) is 5.32 Å². The second kappa shape index (κ2) is 14.6. The first kappa shape index (κ1) is 32.2. The first-order valence-electron chi connectivity index (χ1n) is 13.2. The molecular formula is C30H35Cl2N3O5S. The number of nitrogens with one attached hydrogen (secondary N) is 1. The Labute approximate surface area is 252 Å². The molecular weight excluding hydrogens is 585 g/mol. The third-order valence-corrected chi connectivity index (χ3v) is 9.13. The lowest BCUT2D eigenvalue weighted by molar-refractivity contribution is -0.139. The number of methoxy groups -OCH3 is 1. The summed E-state index contributed by atoms with van der Waals surface area (Å²) in [5, 5.41) is 3.51. The van der Waals surface area contributed by atoms with Crippen LogP contribution < -0.4 is 14.4 Å². The van der Waals surface area contributed by atoms with Crippen LogP contribution in [0.2, 0.25) is 10.0 Å². The van der Waals surface area contributed by atoms with Crippen molar-refractivity contribution in [1.82, 2.24) is 10.2 Å². The van der Waals surface area contributed by atoms with E-state index in [-0.39, 0.29) is 17.3 Å². The van der Waals surface area contributed by atoms with Crippen LogP contribution in [0.3, 0.4) is 0 Å². The SMILES string of the molecule is CCCCNC(=O)C(C)N(Cc1c(Cl)cccc1Cl)C(=O)CN(c1ccc(C)cc1)S(=O)(=O)c1ccc(OC)cc1. The van der Waals surface area contributed by atoms with Gasteiger partial charge in [0.25, 0.3) is 10.0 Å². The summed E-state index contributed by atoms with van der Waals surface area (Å²) in [6, 6.07) is 16.8. The van der Waals surface area contributed by atoms with E-state index >= 15 is 0 Å². The maximum Gasteiger partial charge on any atom is 0.264 e. The van der Waals surface area contributed by atoms with E-state index in [9.17, 15) is 18.0 Å². The highest BCUT2D eigenvalue weighted by atomic mass is 35.5. The summed E-state index contributed by atoms with van der Waals surface area (Å²) in [4.78, 5) is 28.4. The number of anilines is 1. The van der Waals surface area contributed by atoms with Crippen LogP contribution in [0.5, 0.6) is 5.75 Å². The number of hydrogen-bond acceptors (Lipinski definition) is 5. The summed E-state index contributed by atoms with van der Waals surface area (Å²) in [6.45, 7) is 5.28. The summed E-state index contributed by atoms with van der Waals surface area (Å²) < 4.78 is 34.0. The maximum absolute atomic E-state index is 14.0. The molecule has 0 fully saturated rings. The highest BCUT2D eigenvalue weighted by Gasteiger charge is 2.33. The van der Waals surface area contributed by atoms with Gasteiger partial charge in [-0.2, -0.15) is 0 Å². The minimum atomic E-state index is -4.20. The van der Waals surface area contributed by atoms with Gasteiger partial charge in [0.1, 0.15) is 18.3 Å². The number of halogens is 2. The van der Waals surface area contributed by atoms with E-state index in [1.54, 1.807) is 49.4 Å². The van der Waals surface area contributed by atoms with Crippen LogP contribution in [0.25, 0.3) is 0 Å². The average Bonchev–Trinajstić information content (AvgIpc) is 2.96. The Hall–Kier alpha value is -3.27. The Balaban J connectivity index is 2.03. The second-order valence-corrected chi connectivity index (χ2v) is 12.2. The number of hydrogen-bond donors (Lipinski definition) is 1. The van der Waals surface area contributed by atoms with Crippen LogP contribution in [-0.4, -0.2) is 51.4 Å². The van der Waals surface area contributed by atoms with Gasteiger partial charge in [-0.3, -0.25) is 13.9 Å². The van der Waals surface area contributed by atoms with E-state index in [4.69, 9.17) is 27.9 Å². The third kappa shape index (κ3) is 8.15. The number of carbonyl (C=O) groups excluding carboxylic acids is 2. The molecule has 2 amide bonds. The lowest BCUT2D eigenvalue weighted by atomic mass is 10.1. The topological polar surface area (TPSA) is 96.0 Å². The standard InChI is InChI=1S/C30H35Cl2N3O5S/c1-5-6-18-33-30(37)22(3)34(19-26-27(31)8-7-9-28(26)32)29(36)20-35(23-12-10-21(2)11-13-23)41(38,39)25-16-14-24(40-4)15-17-25/h7-17,22H,5-6,18-20H2,1-4H3,(H,33,37). The fraction of sp³-hybridized carbons (Fsp3) is 0.333. The zero-order valence-electron chi connectivity index (χ0n) is 23.6. The molecule has 0 heterocycles. The van der Waals surface area contributed by atoms with Crippen LogP contribution in [-0.2, 0) is 26.2 Å². The number of nitrogens with zero attached hydrogens (tertiary/aromatic N) is 2. The number of carbonyl (C=O) groups is 2. The van der Waals surface area contributed by atoms with Gasteiger partial charge in [0.05, 0.1) is 17.7 Å². The molecule has 0 saturated carbocycles. The number of rotatable bonds is 13. The molecule has 0 bridgehead atoms. The van der Waals surface area contributed by atoms with Crippen molar-refractivity contribution in [3.63, 3.8) is 0 Å². The van der Waals surface area contributed by atoms with Gasteiger partial charge in [-0.05, 0) is 68.8 Å². The molecule has 8 nitrogen and oxygen atoms in total. The first-order chi connectivity index (χ1) is 19.5.